The molecule has 5 saturated carbocycles. The molecule has 11 atom stereocenters. The summed E-state index contributed by atoms with van der Waals surface area (Å²) in [5.74, 6) is 4.33. The maximum atomic E-state index is 6.65. The average Bonchev–Trinajstić information content (AvgIpc) is 3.36. The molecule has 2 saturated heterocycles. The molecule has 7 rings (SSSR count). The molecule has 0 aromatic rings. The Morgan fingerprint density at radius 2 is 1.76 bits per heavy atom. The Morgan fingerprint density at radius 3 is 2.58 bits per heavy atom. The third-order valence-corrected chi connectivity index (χ3v) is 13.0. The molecule has 4 nitrogen and oxygen atoms in total. The Labute approximate surface area is 201 Å². The van der Waals surface area contributed by atoms with E-state index in [-0.39, 0.29) is 11.7 Å². The zero-order chi connectivity index (χ0) is 22.6. The summed E-state index contributed by atoms with van der Waals surface area (Å²) in [6.07, 6.45) is 13.4. The van der Waals surface area contributed by atoms with Gasteiger partial charge in [-0.25, -0.2) is 0 Å². The van der Waals surface area contributed by atoms with Crippen molar-refractivity contribution in [1.29, 1.82) is 0 Å². The summed E-state index contributed by atoms with van der Waals surface area (Å²) < 4.78 is 19.0. The molecule has 2 heterocycles. The van der Waals surface area contributed by atoms with Crippen molar-refractivity contribution < 1.29 is 14.2 Å². The molecular formula is C29H47NO3. The lowest BCUT2D eigenvalue weighted by molar-refractivity contribution is -0.232. The first-order valence-corrected chi connectivity index (χ1v) is 14.4. The summed E-state index contributed by atoms with van der Waals surface area (Å²) >= 11 is 0. The lowest BCUT2D eigenvalue weighted by Crippen LogP contribution is -2.56. The highest BCUT2D eigenvalue weighted by Crippen LogP contribution is 2.87. The van der Waals surface area contributed by atoms with Crippen LogP contribution in [-0.4, -0.2) is 44.8 Å². The molecule has 7 fully saturated rings. The first kappa shape index (κ1) is 22.1. The van der Waals surface area contributed by atoms with Crippen LogP contribution in [0.3, 0.4) is 0 Å². The minimum Gasteiger partial charge on any atom is -0.378 e. The van der Waals surface area contributed by atoms with Gasteiger partial charge in [0.05, 0.1) is 18.8 Å². The van der Waals surface area contributed by atoms with Gasteiger partial charge in [-0.15, -0.1) is 0 Å². The molecule has 7 aliphatic rings. The molecule has 0 amide bonds. The van der Waals surface area contributed by atoms with Gasteiger partial charge in [0, 0.05) is 19.7 Å². The van der Waals surface area contributed by atoms with E-state index in [0.717, 1.165) is 55.9 Å². The van der Waals surface area contributed by atoms with Crippen LogP contribution in [-0.2, 0) is 14.2 Å². The van der Waals surface area contributed by atoms with Crippen LogP contribution >= 0.6 is 0 Å². The van der Waals surface area contributed by atoms with Crippen molar-refractivity contribution in [2.24, 2.45) is 51.2 Å². The summed E-state index contributed by atoms with van der Waals surface area (Å²) in [6.45, 7) is 13.9. The Hall–Kier alpha value is -0.160. The largest absolute Gasteiger partial charge is 0.378 e. The first-order valence-electron chi connectivity index (χ1n) is 14.4. The second kappa shape index (κ2) is 7.20. The van der Waals surface area contributed by atoms with Gasteiger partial charge >= 0.3 is 0 Å². The normalized spacial score (nSPS) is 58.9. The molecule has 5 aliphatic carbocycles. The molecular weight excluding hydrogens is 410 g/mol. The number of hydrogen-bond acceptors (Lipinski definition) is 4. The lowest BCUT2D eigenvalue weighted by atomic mass is 9.46. The second-order valence-electron chi connectivity index (χ2n) is 14.3. The smallest absolute Gasteiger partial charge is 0.170 e. The van der Waals surface area contributed by atoms with Gasteiger partial charge in [0.25, 0.3) is 0 Å². The van der Waals surface area contributed by atoms with Crippen LogP contribution in [0, 0.1) is 51.2 Å². The fourth-order valence-electron chi connectivity index (χ4n) is 11.7. The standard InChI is InChI=1S/C29H47NO3/c1-18-8-13-31-21-15-20-19-5-6-22-26(2,3)23(33-24-16-30-12-14-32-24)7-9-29(22)17-28(19,29)11-10-27(20,4)25(18)21/h18-25,30H,5-17H2,1-4H3/t18-,19?,20?,21?,22+,23+,24+,25+,27+,28?,29-/m1/s1. The predicted octanol–water partition coefficient (Wildman–Crippen LogP) is 5.40. The van der Waals surface area contributed by atoms with Crippen molar-refractivity contribution >= 4 is 0 Å². The molecule has 0 bridgehead atoms. The number of ether oxygens (including phenoxy) is 3. The van der Waals surface area contributed by atoms with Gasteiger partial charge < -0.3 is 19.5 Å². The minimum atomic E-state index is -0.0548. The number of rotatable bonds is 2. The lowest BCUT2D eigenvalue weighted by Gasteiger charge is -2.60. The third-order valence-electron chi connectivity index (χ3n) is 13.0. The average molecular weight is 458 g/mol. The molecule has 0 aromatic carbocycles. The predicted molar refractivity (Wildman–Crippen MR) is 129 cm³/mol. The monoisotopic (exact) mass is 457 g/mol. The van der Waals surface area contributed by atoms with Crippen LogP contribution < -0.4 is 5.32 Å². The van der Waals surface area contributed by atoms with Gasteiger partial charge in [-0.2, -0.15) is 0 Å². The van der Waals surface area contributed by atoms with Crippen molar-refractivity contribution in [1.82, 2.24) is 5.32 Å². The van der Waals surface area contributed by atoms with Crippen LogP contribution in [0.5, 0.6) is 0 Å². The quantitative estimate of drug-likeness (QED) is 0.603. The molecule has 4 heteroatoms. The van der Waals surface area contributed by atoms with Crippen molar-refractivity contribution in [3.8, 4) is 0 Å². The van der Waals surface area contributed by atoms with Crippen molar-refractivity contribution in [2.75, 3.05) is 26.3 Å². The van der Waals surface area contributed by atoms with E-state index in [1.54, 1.807) is 0 Å². The molecule has 4 unspecified atom stereocenters. The fourth-order valence-corrected chi connectivity index (χ4v) is 11.7. The van der Waals surface area contributed by atoms with Crippen molar-refractivity contribution in [2.45, 2.75) is 104 Å². The van der Waals surface area contributed by atoms with Gasteiger partial charge in [-0.3, -0.25) is 0 Å². The summed E-state index contributed by atoms with van der Waals surface area (Å²) in [7, 11) is 0. The molecule has 186 valence electrons. The summed E-state index contributed by atoms with van der Waals surface area (Å²) in [6, 6.07) is 0. The molecule has 1 N–H and O–H groups in total. The summed E-state index contributed by atoms with van der Waals surface area (Å²) in [5, 5.41) is 3.45. The fraction of sp³-hybridized carbons (Fsp3) is 1.00. The zero-order valence-electron chi connectivity index (χ0n) is 21.5. The highest BCUT2D eigenvalue weighted by molar-refractivity contribution is 5.29. The van der Waals surface area contributed by atoms with Gasteiger partial charge in [0.1, 0.15) is 0 Å². The van der Waals surface area contributed by atoms with E-state index in [4.69, 9.17) is 14.2 Å². The van der Waals surface area contributed by atoms with Crippen LogP contribution in [0.1, 0.15) is 85.5 Å². The minimum absolute atomic E-state index is 0.0548. The summed E-state index contributed by atoms with van der Waals surface area (Å²) in [5.41, 5.74) is 2.02. The van der Waals surface area contributed by atoms with Gasteiger partial charge in [-0.1, -0.05) is 27.7 Å². The van der Waals surface area contributed by atoms with E-state index in [1.165, 1.54) is 57.8 Å². The van der Waals surface area contributed by atoms with Crippen LogP contribution in [0.25, 0.3) is 0 Å². The number of nitrogens with one attached hydrogen (secondary N) is 1. The Morgan fingerprint density at radius 1 is 0.879 bits per heavy atom. The molecule has 0 radical (unpaired) electrons. The van der Waals surface area contributed by atoms with Gasteiger partial charge in [0.2, 0.25) is 0 Å². The number of fused-ring (bicyclic) bond motifs is 4. The second-order valence-corrected chi connectivity index (χ2v) is 14.3. The summed E-state index contributed by atoms with van der Waals surface area (Å²) in [4.78, 5) is 0. The van der Waals surface area contributed by atoms with E-state index in [9.17, 15) is 0 Å². The Balaban J connectivity index is 1.14. The van der Waals surface area contributed by atoms with E-state index >= 15 is 0 Å². The van der Waals surface area contributed by atoms with E-state index in [0.29, 0.717) is 28.5 Å². The van der Waals surface area contributed by atoms with Crippen LogP contribution in [0.4, 0.5) is 0 Å². The molecule has 2 aliphatic heterocycles. The highest BCUT2D eigenvalue weighted by Gasteiger charge is 2.80. The number of hydrogen-bond donors (Lipinski definition) is 1. The maximum Gasteiger partial charge on any atom is 0.170 e. The Bertz CT molecular complexity index is 794. The first-order chi connectivity index (χ1) is 15.8. The topological polar surface area (TPSA) is 39.7 Å². The van der Waals surface area contributed by atoms with Crippen LogP contribution in [0.15, 0.2) is 0 Å². The maximum absolute atomic E-state index is 6.65. The van der Waals surface area contributed by atoms with E-state index < -0.39 is 0 Å². The third kappa shape index (κ3) is 2.79. The van der Waals surface area contributed by atoms with Gasteiger partial charge in [-0.05, 0) is 109 Å². The number of morpholine rings is 1. The van der Waals surface area contributed by atoms with Crippen molar-refractivity contribution in [3.63, 3.8) is 0 Å². The van der Waals surface area contributed by atoms with E-state index in [1.807, 2.05) is 0 Å². The van der Waals surface area contributed by atoms with Crippen molar-refractivity contribution in [3.05, 3.63) is 0 Å². The van der Waals surface area contributed by atoms with Gasteiger partial charge in [0.15, 0.2) is 6.29 Å². The SMILES string of the molecule is C[C@@H]1CCOC2CC3C4CC[C@H]5C(C)(C)[C@@H](O[C@H]6CNCCO6)CC[C@@]56CC46CC[C@]3(C)[C@H]21. The molecule has 2 spiro atoms. The van der Waals surface area contributed by atoms with Crippen LogP contribution in [0.2, 0.25) is 0 Å². The highest BCUT2D eigenvalue weighted by atomic mass is 16.7. The Kier molecular flexibility index (Phi) is 4.82. The van der Waals surface area contributed by atoms with E-state index in [2.05, 4.69) is 33.0 Å². The molecule has 0 aromatic heterocycles. The molecule has 33 heavy (non-hydrogen) atoms. The zero-order valence-corrected chi connectivity index (χ0v) is 21.5.